The van der Waals surface area contributed by atoms with Gasteiger partial charge in [0.15, 0.2) is 0 Å². The number of amides is 1. The third-order valence-electron chi connectivity index (χ3n) is 5.31. The number of anilines is 2. The van der Waals surface area contributed by atoms with Gasteiger partial charge < -0.3 is 20.3 Å². The molecular weight excluding hydrogens is 364 g/mol. The molecule has 2 aliphatic heterocycles. The van der Waals surface area contributed by atoms with Gasteiger partial charge in [-0.2, -0.15) is 0 Å². The van der Waals surface area contributed by atoms with Crippen LogP contribution in [0.3, 0.4) is 0 Å². The summed E-state index contributed by atoms with van der Waals surface area (Å²) in [6, 6.07) is 4.29. The molecule has 2 N–H and O–H groups in total. The number of hydrogen-bond donors (Lipinski definition) is 2. The highest BCUT2D eigenvalue weighted by molar-refractivity contribution is 5.76. The second-order valence-electron chi connectivity index (χ2n) is 10.4. The first-order valence-corrected chi connectivity index (χ1v) is 10.6. The maximum Gasteiger partial charge on any atom is 0.410 e. The first-order valence-electron chi connectivity index (χ1n) is 10.6. The quantitative estimate of drug-likeness (QED) is 0.745. The number of hydrogen-bond acceptors (Lipinski definition) is 5. The van der Waals surface area contributed by atoms with E-state index in [-0.39, 0.29) is 17.6 Å². The Morgan fingerprint density at radius 1 is 1.21 bits per heavy atom. The number of nitrogens with one attached hydrogen (secondary N) is 2. The molecule has 0 aromatic carbocycles. The number of fused-ring (bicyclic) bond motifs is 2. The lowest BCUT2D eigenvalue weighted by atomic mass is 9.78. The Kier molecular flexibility index (Phi) is 5.84. The highest BCUT2D eigenvalue weighted by Crippen LogP contribution is 2.40. The van der Waals surface area contributed by atoms with Crippen LogP contribution in [0.2, 0.25) is 0 Å². The molecule has 29 heavy (non-hydrogen) atoms. The zero-order chi connectivity index (χ0) is 21.4. The van der Waals surface area contributed by atoms with E-state index in [0.29, 0.717) is 12.5 Å². The van der Waals surface area contributed by atoms with E-state index in [0.717, 1.165) is 36.6 Å². The van der Waals surface area contributed by atoms with E-state index in [1.807, 2.05) is 32.7 Å². The maximum absolute atomic E-state index is 12.6. The molecule has 1 aromatic heterocycles. The predicted octanol–water partition coefficient (Wildman–Crippen LogP) is 4.99. The van der Waals surface area contributed by atoms with Crippen LogP contribution in [0.5, 0.6) is 0 Å². The standard InChI is InChI=1S/C23H36N4O2/c1-22(2,3)14-25-19-11-10-18(26-20(19)24-7)17-12-16-9-8-15(17)13-27(16)21(28)29-23(4,5)6/h10-12,15-16,25H,8-9,13-14H2,1-7H3,(H,24,26). The Balaban J connectivity index is 1.79. The van der Waals surface area contributed by atoms with Crippen molar-refractivity contribution in [2.45, 2.75) is 66.0 Å². The zero-order valence-corrected chi connectivity index (χ0v) is 18.9. The molecule has 4 rings (SSSR count). The Labute approximate surface area is 175 Å². The van der Waals surface area contributed by atoms with Gasteiger partial charge in [0.25, 0.3) is 0 Å². The first-order chi connectivity index (χ1) is 13.5. The zero-order valence-electron chi connectivity index (χ0n) is 18.9. The number of aromatic nitrogens is 1. The van der Waals surface area contributed by atoms with E-state index < -0.39 is 5.60 Å². The lowest BCUT2D eigenvalue weighted by Gasteiger charge is -2.44. The Morgan fingerprint density at radius 2 is 1.93 bits per heavy atom. The van der Waals surface area contributed by atoms with E-state index in [1.165, 1.54) is 5.57 Å². The fourth-order valence-corrected chi connectivity index (χ4v) is 3.90. The van der Waals surface area contributed by atoms with Gasteiger partial charge in [-0.15, -0.1) is 0 Å². The minimum absolute atomic E-state index is 0.0865. The molecule has 1 saturated heterocycles. The molecule has 0 radical (unpaired) electrons. The maximum atomic E-state index is 12.6. The van der Waals surface area contributed by atoms with E-state index in [1.54, 1.807) is 0 Å². The number of carbonyl (C=O) groups is 1. The number of piperidine rings is 1. The molecule has 3 aliphatic rings. The Morgan fingerprint density at radius 3 is 2.48 bits per heavy atom. The van der Waals surface area contributed by atoms with Crippen LogP contribution in [0.15, 0.2) is 18.2 Å². The molecule has 2 bridgehead atoms. The second-order valence-corrected chi connectivity index (χ2v) is 10.4. The average molecular weight is 401 g/mol. The Bertz CT molecular complexity index is 789. The molecule has 1 amide bonds. The van der Waals surface area contributed by atoms with Crippen molar-refractivity contribution in [3.05, 3.63) is 23.9 Å². The third kappa shape index (κ3) is 5.22. The summed E-state index contributed by atoms with van der Waals surface area (Å²) in [6.45, 7) is 13.9. The summed E-state index contributed by atoms with van der Waals surface area (Å²) in [5.41, 5.74) is 2.98. The molecule has 6 heteroatoms. The molecule has 2 atom stereocenters. The third-order valence-corrected chi connectivity index (χ3v) is 5.31. The van der Waals surface area contributed by atoms with Gasteiger partial charge in [-0.25, -0.2) is 9.78 Å². The largest absolute Gasteiger partial charge is 0.444 e. The van der Waals surface area contributed by atoms with Crippen molar-refractivity contribution in [1.29, 1.82) is 0 Å². The van der Waals surface area contributed by atoms with Crippen molar-refractivity contribution in [2.75, 3.05) is 30.8 Å². The van der Waals surface area contributed by atoms with Crippen LogP contribution in [0, 0.1) is 11.3 Å². The average Bonchev–Trinajstić information content (AvgIpc) is 2.64. The van der Waals surface area contributed by atoms with Crippen molar-refractivity contribution in [2.24, 2.45) is 11.3 Å². The van der Waals surface area contributed by atoms with Crippen LogP contribution in [-0.2, 0) is 4.74 Å². The molecule has 1 fully saturated rings. The SMILES string of the molecule is CNc1nc(C2=CC3CCC2CN3C(=O)OC(C)(C)C)ccc1NCC(C)(C)C. The molecule has 0 saturated carbocycles. The van der Waals surface area contributed by atoms with E-state index in [4.69, 9.17) is 9.72 Å². The van der Waals surface area contributed by atoms with Crippen LogP contribution < -0.4 is 10.6 Å². The van der Waals surface area contributed by atoms with Crippen molar-refractivity contribution in [3.63, 3.8) is 0 Å². The van der Waals surface area contributed by atoms with Gasteiger partial charge in [-0.1, -0.05) is 26.8 Å². The van der Waals surface area contributed by atoms with Gasteiger partial charge in [-0.05, 0) is 56.7 Å². The normalized spacial score (nSPS) is 21.6. The van der Waals surface area contributed by atoms with Crippen LogP contribution in [0.1, 0.15) is 60.1 Å². The molecular formula is C23H36N4O2. The van der Waals surface area contributed by atoms with Crippen LogP contribution in [0.4, 0.5) is 16.3 Å². The molecule has 1 aromatic rings. The van der Waals surface area contributed by atoms with Crippen molar-refractivity contribution in [3.8, 4) is 0 Å². The van der Waals surface area contributed by atoms with Crippen LogP contribution in [0.25, 0.3) is 5.57 Å². The van der Waals surface area contributed by atoms with Gasteiger partial charge in [0.1, 0.15) is 11.4 Å². The van der Waals surface area contributed by atoms with Crippen LogP contribution in [-0.4, -0.2) is 47.8 Å². The minimum Gasteiger partial charge on any atom is -0.444 e. The van der Waals surface area contributed by atoms with Gasteiger partial charge in [0.2, 0.25) is 0 Å². The summed E-state index contributed by atoms with van der Waals surface area (Å²) in [6.07, 6.45) is 4.06. The summed E-state index contributed by atoms with van der Waals surface area (Å²) in [5, 5.41) is 6.72. The summed E-state index contributed by atoms with van der Waals surface area (Å²) >= 11 is 0. The van der Waals surface area contributed by atoms with E-state index in [2.05, 4.69) is 49.6 Å². The summed E-state index contributed by atoms with van der Waals surface area (Å²) < 4.78 is 5.60. The number of rotatable bonds is 4. The number of pyridine rings is 1. The van der Waals surface area contributed by atoms with Gasteiger partial charge >= 0.3 is 6.09 Å². The molecule has 6 nitrogen and oxygen atoms in total. The highest BCUT2D eigenvalue weighted by atomic mass is 16.6. The first kappa shape index (κ1) is 21.5. The van der Waals surface area contributed by atoms with Gasteiger partial charge in [-0.3, -0.25) is 0 Å². The topological polar surface area (TPSA) is 66.5 Å². The molecule has 3 heterocycles. The molecule has 0 spiro atoms. The van der Waals surface area contributed by atoms with Crippen LogP contribution >= 0.6 is 0 Å². The predicted molar refractivity (Wildman–Crippen MR) is 119 cm³/mol. The number of nitrogens with zero attached hydrogens (tertiary/aromatic N) is 2. The molecule has 160 valence electrons. The summed E-state index contributed by atoms with van der Waals surface area (Å²) in [4.78, 5) is 19.3. The van der Waals surface area contributed by atoms with E-state index in [9.17, 15) is 4.79 Å². The number of carbonyl (C=O) groups excluding carboxylic acids is 1. The smallest absolute Gasteiger partial charge is 0.410 e. The van der Waals surface area contributed by atoms with Crippen molar-refractivity contribution in [1.82, 2.24) is 9.88 Å². The van der Waals surface area contributed by atoms with Gasteiger partial charge in [0.05, 0.1) is 17.4 Å². The monoisotopic (exact) mass is 400 g/mol. The minimum atomic E-state index is -0.473. The number of ether oxygens (including phenoxy) is 1. The fraction of sp³-hybridized carbons (Fsp3) is 0.652. The van der Waals surface area contributed by atoms with Crippen molar-refractivity contribution >= 4 is 23.2 Å². The van der Waals surface area contributed by atoms with Gasteiger partial charge in [0, 0.05) is 26.1 Å². The summed E-state index contributed by atoms with van der Waals surface area (Å²) in [7, 11) is 1.90. The van der Waals surface area contributed by atoms with Crippen molar-refractivity contribution < 1.29 is 9.53 Å². The second kappa shape index (κ2) is 7.88. The summed E-state index contributed by atoms with van der Waals surface area (Å²) in [5.74, 6) is 1.16. The lowest BCUT2D eigenvalue weighted by molar-refractivity contribution is 0.00979. The Hall–Kier alpha value is -2.24. The molecule has 2 unspecified atom stereocenters. The molecule has 1 aliphatic carbocycles. The highest BCUT2D eigenvalue weighted by Gasteiger charge is 2.39. The lowest BCUT2D eigenvalue weighted by Crippen LogP contribution is -2.51. The van der Waals surface area contributed by atoms with E-state index >= 15 is 0 Å². The fourth-order valence-electron chi connectivity index (χ4n) is 3.90.